The van der Waals surface area contributed by atoms with Crippen LogP contribution in [-0.2, 0) is 9.47 Å². The lowest BCUT2D eigenvalue weighted by Crippen LogP contribution is -1.95. The first-order valence-corrected chi connectivity index (χ1v) is 3.04. The summed E-state index contributed by atoms with van der Waals surface area (Å²) in [5.41, 5.74) is 0.504. The van der Waals surface area contributed by atoms with Crippen LogP contribution in [0.5, 0.6) is 0 Å². The molecule has 0 aliphatic heterocycles. The molecule has 0 atom stereocenters. The van der Waals surface area contributed by atoms with E-state index in [4.69, 9.17) is 10.00 Å². The lowest BCUT2D eigenvalue weighted by molar-refractivity contribution is 0.170. The van der Waals surface area contributed by atoms with Gasteiger partial charge in [-0.1, -0.05) is 0 Å². The Kier molecular flexibility index (Phi) is 5.50. The Morgan fingerprint density at radius 1 is 1.70 bits per heavy atom. The zero-order valence-corrected chi connectivity index (χ0v) is 6.26. The summed E-state index contributed by atoms with van der Waals surface area (Å²) in [5, 5.41) is 8.41. The molecule has 0 aliphatic rings. The van der Waals surface area contributed by atoms with Crippen molar-refractivity contribution in [1.82, 2.24) is 0 Å². The second-order valence-electron chi connectivity index (χ2n) is 1.63. The first-order chi connectivity index (χ1) is 4.85. The number of nitriles is 1. The van der Waals surface area contributed by atoms with Crippen molar-refractivity contribution < 1.29 is 9.47 Å². The van der Waals surface area contributed by atoms with E-state index in [0.717, 1.165) is 0 Å². The Bertz CT molecular complexity index is 146. The normalized spacial score (nSPS) is 10.7. The zero-order chi connectivity index (χ0) is 7.82. The van der Waals surface area contributed by atoms with Crippen LogP contribution in [0.3, 0.4) is 0 Å². The molecule has 0 aromatic rings. The van der Waals surface area contributed by atoms with Gasteiger partial charge in [-0.3, -0.25) is 0 Å². The molecule has 0 aliphatic carbocycles. The van der Waals surface area contributed by atoms with E-state index in [1.54, 1.807) is 0 Å². The maximum atomic E-state index is 8.41. The molecule has 0 aromatic carbocycles. The van der Waals surface area contributed by atoms with E-state index in [0.29, 0.717) is 18.8 Å². The van der Waals surface area contributed by atoms with E-state index in [2.05, 4.69) is 4.74 Å². The monoisotopic (exact) mass is 141 g/mol. The van der Waals surface area contributed by atoms with E-state index in [1.165, 1.54) is 13.4 Å². The maximum Gasteiger partial charge on any atom is 0.100 e. The van der Waals surface area contributed by atoms with Crippen LogP contribution in [0.2, 0.25) is 0 Å². The highest BCUT2D eigenvalue weighted by Crippen LogP contribution is 1.92. The summed E-state index contributed by atoms with van der Waals surface area (Å²) >= 11 is 0. The van der Waals surface area contributed by atoms with Crippen molar-refractivity contribution in [2.24, 2.45) is 0 Å². The highest BCUT2D eigenvalue weighted by Gasteiger charge is 1.92. The van der Waals surface area contributed by atoms with Crippen molar-refractivity contribution in [3.63, 3.8) is 0 Å². The maximum absolute atomic E-state index is 8.41. The number of nitrogens with zero attached hydrogens (tertiary/aromatic N) is 1. The summed E-state index contributed by atoms with van der Waals surface area (Å²) in [5.74, 6) is 0. The molecule has 0 fully saturated rings. The molecule has 56 valence electrons. The molecule has 0 amide bonds. The van der Waals surface area contributed by atoms with Gasteiger partial charge in [-0.15, -0.1) is 0 Å². The van der Waals surface area contributed by atoms with E-state index in [-0.39, 0.29) is 0 Å². The molecule has 3 nitrogen and oxygen atoms in total. The standard InChI is InChI=1S/C7H11NO2/c1-3-10-6-7(4-8)5-9-2/h5H,3,6H2,1-2H3/b7-5+. The molecule has 0 N–H and O–H groups in total. The predicted molar refractivity (Wildman–Crippen MR) is 37.2 cm³/mol. The molecular formula is C7H11NO2. The summed E-state index contributed by atoms with van der Waals surface area (Å²) in [7, 11) is 1.50. The quantitative estimate of drug-likeness (QED) is 0.434. The fourth-order valence-electron chi connectivity index (χ4n) is 0.447. The fourth-order valence-corrected chi connectivity index (χ4v) is 0.447. The van der Waals surface area contributed by atoms with Crippen LogP contribution < -0.4 is 0 Å². The lowest BCUT2D eigenvalue weighted by Gasteiger charge is -1.96. The van der Waals surface area contributed by atoms with Crippen molar-refractivity contribution in [1.29, 1.82) is 5.26 Å². The Hall–Kier alpha value is -1.01. The summed E-state index contributed by atoms with van der Waals surface area (Å²) in [4.78, 5) is 0. The summed E-state index contributed by atoms with van der Waals surface area (Å²) in [6, 6.07) is 1.95. The molecule has 3 heteroatoms. The topological polar surface area (TPSA) is 42.2 Å². The Morgan fingerprint density at radius 3 is 2.80 bits per heavy atom. The minimum atomic E-state index is 0.334. The molecule has 0 heterocycles. The molecular weight excluding hydrogens is 130 g/mol. The lowest BCUT2D eigenvalue weighted by atomic mass is 10.3. The van der Waals surface area contributed by atoms with E-state index >= 15 is 0 Å². The minimum absolute atomic E-state index is 0.334. The van der Waals surface area contributed by atoms with Gasteiger partial charge < -0.3 is 9.47 Å². The van der Waals surface area contributed by atoms with Gasteiger partial charge in [0.1, 0.15) is 6.07 Å². The average molecular weight is 141 g/mol. The van der Waals surface area contributed by atoms with Gasteiger partial charge in [0.25, 0.3) is 0 Å². The number of hydrogen-bond acceptors (Lipinski definition) is 3. The van der Waals surface area contributed by atoms with Gasteiger partial charge in [-0.25, -0.2) is 0 Å². The number of hydrogen-bond donors (Lipinski definition) is 0. The molecule has 0 radical (unpaired) electrons. The third kappa shape index (κ3) is 3.93. The molecule has 0 rings (SSSR count). The van der Waals surface area contributed by atoms with Gasteiger partial charge in [0.05, 0.1) is 25.6 Å². The van der Waals surface area contributed by atoms with Gasteiger partial charge in [0, 0.05) is 6.61 Å². The van der Waals surface area contributed by atoms with Crippen molar-refractivity contribution in [3.05, 3.63) is 11.8 Å². The van der Waals surface area contributed by atoms with E-state index < -0.39 is 0 Å². The summed E-state index contributed by atoms with van der Waals surface area (Å²) in [6.07, 6.45) is 1.38. The minimum Gasteiger partial charge on any atom is -0.503 e. The van der Waals surface area contributed by atoms with Crippen LogP contribution in [0, 0.1) is 11.3 Å². The number of ether oxygens (including phenoxy) is 2. The van der Waals surface area contributed by atoms with Crippen LogP contribution in [0.1, 0.15) is 6.92 Å². The average Bonchev–Trinajstić information content (AvgIpc) is 1.98. The molecule has 0 bridgehead atoms. The largest absolute Gasteiger partial charge is 0.503 e. The first kappa shape index (κ1) is 8.99. The molecule has 0 saturated heterocycles. The van der Waals surface area contributed by atoms with Gasteiger partial charge >= 0.3 is 0 Å². The van der Waals surface area contributed by atoms with E-state index in [9.17, 15) is 0 Å². The second-order valence-corrected chi connectivity index (χ2v) is 1.63. The predicted octanol–water partition coefficient (Wildman–Crippen LogP) is 1.08. The van der Waals surface area contributed by atoms with Gasteiger partial charge in [-0.2, -0.15) is 5.26 Å². The number of rotatable bonds is 4. The Morgan fingerprint density at radius 2 is 2.40 bits per heavy atom. The van der Waals surface area contributed by atoms with Crippen molar-refractivity contribution in [3.8, 4) is 6.07 Å². The summed E-state index contributed by atoms with van der Waals surface area (Å²) in [6.45, 7) is 2.82. The molecule has 10 heavy (non-hydrogen) atoms. The highest BCUT2D eigenvalue weighted by atomic mass is 16.5. The van der Waals surface area contributed by atoms with E-state index in [1.807, 2.05) is 13.0 Å². The molecule has 0 aromatic heterocycles. The van der Waals surface area contributed by atoms with Crippen molar-refractivity contribution >= 4 is 0 Å². The Balaban J connectivity index is 3.64. The third-order valence-corrected chi connectivity index (χ3v) is 0.865. The molecule has 0 saturated carbocycles. The molecule has 0 unspecified atom stereocenters. The first-order valence-electron chi connectivity index (χ1n) is 3.04. The molecule has 0 spiro atoms. The SMILES string of the molecule is CCOC/C(C#N)=C/OC. The van der Waals surface area contributed by atoms with Gasteiger partial charge in [-0.05, 0) is 6.92 Å². The number of methoxy groups -OCH3 is 1. The third-order valence-electron chi connectivity index (χ3n) is 0.865. The van der Waals surface area contributed by atoms with Crippen molar-refractivity contribution in [2.75, 3.05) is 20.3 Å². The van der Waals surface area contributed by atoms with Crippen LogP contribution in [0.25, 0.3) is 0 Å². The smallest absolute Gasteiger partial charge is 0.100 e. The van der Waals surface area contributed by atoms with Crippen LogP contribution in [-0.4, -0.2) is 20.3 Å². The highest BCUT2D eigenvalue weighted by molar-refractivity contribution is 5.18. The van der Waals surface area contributed by atoms with Crippen LogP contribution in [0.4, 0.5) is 0 Å². The van der Waals surface area contributed by atoms with Gasteiger partial charge in [0.2, 0.25) is 0 Å². The second kappa shape index (κ2) is 6.12. The fraction of sp³-hybridized carbons (Fsp3) is 0.571. The van der Waals surface area contributed by atoms with Crippen LogP contribution >= 0.6 is 0 Å². The zero-order valence-electron chi connectivity index (χ0n) is 6.26. The van der Waals surface area contributed by atoms with Gasteiger partial charge in [0.15, 0.2) is 0 Å². The summed E-state index contributed by atoms with van der Waals surface area (Å²) < 4.78 is 9.60. The van der Waals surface area contributed by atoms with Crippen LogP contribution in [0.15, 0.2) is 11.8 Å². The Labute approximate surface area is 60.9 Å². The van der Waals surface area contributed by atoms with Crippen molar-refractivity contribution in [2.45, 2.75) is 6.92 Å².